The number of nitrogens with one attached hydrogen (secondary N) is 2. The number of rotatable bonds is 5. The molecule has 2 aliphatic rings. The summed E-state index contributed by atoms with van der Waals surface area (Å²) in [5, 5.41) is 6.74. The summed E-state index contributed by atoms with van der Waals surface area (Å²) in [6.45, 7) is 1.66. The quantitative estimate of drug-likeness (QED) is 0.638. The van der Waals surface area contributed by atoms with Gasteiger partial charge in [0.1, 0.15) is 11.3 Å². The van der Waals surface area contributed by atoms with Crippen LogP contribution in [0.5, 0.6) is 0 Å². The number of hydrogen-bond donors (Lipinski definition) is 2. The zero-order valence-corrected chi connectivity index (χ0v) is 18.3. The summed E-state index contributed by atoms with van der Waals surface area (Å²) in [6.07, 6.45) is 8.42. The Morgan fingerprint density at radius 2 is 1.75 bits per heavy atom. The van der Waals surface area contributed by atoms with Gasteiger partial charge in [-0.05, 0) is 56.0 Å². The first kappa shape index (κ1) is 20.5. The van der Waals surface area contributed by atoms with Crippen LogP contribution in [0.15, 0.2) is 36.5 Å². The Hall–Kier alpha value is -3.42. The van der Waals surface area contributed by atoms with Gasteiger partial charge in [0.15, 0.2) is 0 Å². The molecule has 0 unspecified atom stereocenters. The Balaban J connectivity index is 1.49. The molecule has 1 saturated heterocycles. The Kier molecular flexibility index (Phi) is 5.51. The summed E-state index contributed by atoms with van der Waals surface area (Å²) in [5.41, 5.74) is 2.92. The standard InChI is InChI=1S/C24H28N6O2/c1-25-22(31)16-8-10-18(11-9-16)27-24-26-15-17-14-20(23(32)29-12-4-5-13-29)30(21(17)28-24)19-6-2-3-7-19/h8-11,14-15,19H,2-7,12-13H2,1H3,(H,25,31)(H,26,27,28). The molecule has 8 nitrogen and oxygen atoms in total. The van der Waals surface area contributed by atoms with Gasteiger partial charge in [0, 0.05) is 49.0 Å². The molecule has 0 spiro atoms. The van der Waals surface area contributed by atoms with Crippen molar-refractivity contribution in [2.24, 2.45) is 0 Å². The maximum atomic E-state index is 13.3. The molecule has 0 bridgehead atoms. The van der Waals surface area contributed by atoms with Crippen LogP contribution in [0.4, 0.5) is 11.6 Å². The van der Waals surface area contributed by atoms with Crippen molar-refractivity contribution >= 4 is 34.5 Å². The molecule has 1 aliphatic heterocycles. The minimum atomic E-state index is -0.126. The third-order valence-corrected chi connectivity index (χ3v) is 6.51. The average Bonchev–Trinajstić information content (AvgIpc) is 3.59. The van der Waals surface area contributed by atoms with Crippen molar-refractivity contribution in [1.29, 1.82) is 0 Å². The molecule has 8 heteroatoms. The highest BCUT2D eigenvalue weighted by atomic mass is 16.2. The Morgan fingerprint density at radius 1 is 1.03 bits per heavy atom. The summed E-state index contributed by atoms with van der Waals surface area (Å²) in [6, 6.07) is 9.42. The minimum absolute atomic E-state index is 0.103. The molecular weight excluding hydrogens is 404 g/mol. The first-order chi connectivity index (χ1) is 15.6. The lowest BCUT2D eigenvalue weighted by atomic mass is 10.2. The highest BCUT2D eigenvalue weighted by Crippen LogP contribution is 2.35. The molecule has 2 N–H and O–H groups in total. The van der Waals surface area contributed by atoms with Crippen LogP contribution in [-0.4, -0.2) is 51.4 Å². The Morgan fingerprint density at radius 3 is 2.44 bits per heavy atom. The summed E-state index contributed by atoms with van der Waals surface area (Å²) in [5.74, 6) is 0.452. The van der Waals surface area contributed by atoms with E-state index in [9.17, 15) is 9.59 Å². The van der Waals surface area contributed by atoms with Crippen LogP contribution in [0.3, 0.4) is 0 Å². The second-order valence-electron chi connectivity index (χ2n) is 8.59. The number of carbonyl (C=O) groups excluding carboxylic acids is 2. The van der Waals surface area contributed by atoms with Crippen LogP contribution < -0.4 is 10.6 Å². The van der Waals surface area contributed by atoms with Crippen molar-refractivity contribution in [3.8, 4) is 0 Å². The van der Waals surface area contributed by atoms with Crippen molar-refractivity contribution in [1.82, 2.24) is 24.8 Å². The summed E-state index contributed by atoms with van der Waals surface area (Å²) >= 11 is 0. The van der Waals surface area contributed by atoms with Gasteiger partial charge in [0.05, 0.1) is 0 Å². The summed E-state index contributed by atoms with van der Waals surface area (Å²) in [4.78, 5) is 36.3. The monoisotopic (exact) mass is 432 g/mol. The number of aromatic nitrogens is 3. The molecule has 2 amide bonds. The van der Waals surface area contributed by atoms with E-state index in [1.807, 2.05) is 23.1 Å². The number of benzene rings is 1. The lowest BCUT2D eigenvalue weighted by Gasteiger charge is -2.20. The molecule has 3 aromatic rings. The lowest BCUT2D eigenvalue weighted by Crippen LogP contribution is -2.30. The Bertz CT molecular complexity index is 1140. The fourth-order valence-corrected chi connectivity index (χ4v) is 4.83. The summed E-state index contributed by atoms with van der Waals surface area (Å²) < 4.78 is 2.16. The number of anilines is 2. The SMILES string of the molecule is CNC(=O)c1ccc(Nc2ncc3cc(C(=O)N4CCCC4)n(C4CCCC4)c3n2)cc1. The van der Waals surface area contributed by atoms with Crippen molar-refractivity contribution < 1.29 is 9.59 Å². The molecule has 1 aliphatic carbocycles. The van der Waals surface area contributed by atoms with E-state index in [0.717, 1.165) is 61.2 Å². The lowest BCUT2D eigenvalue weighted by molar-refractivity contribution is 0.0780. The van der Waals surface area contributed by atoms with Gasteiger partial charge in [-0.2, -0.15) is 4.98 Å². The number of likely N-dealkylation sites (tertiary alicyclic amines) is 1. The normalized spacial score (nSPS) is 16.6. The predicted octanol–water partition coefficient (Wildman–Crippen LogP) is 3.89. The molecular formula is C24H28N6O2. The third-order valence-electron chi connectivity index (χ3n) is 6.51. The van der Waals surface area contributed by atoms with Gasteiger partial charge < -0.3 is 20.1 Å². The van der Waals surface area contributed by atoms with Crippen molar-refractivity contribution in [3.05, 3.63) is 47.8 Å². The zero-order chi connectivity index (χ0) is 22.1. The predicted molar refractivity (Wildman–Crippen MR) is 123 cm³/mol. The minimum Gasteiger partial charge on any atom is -0.355 e. The smallest absolute Gasteiger partial charge is 0.270 e. The number of carbonyl (C=O) groups is 2. The Labute approximate surface area is 187 Å². The third kappa shape index (κ3) is 3.81. The van der Waals surface area contributed by atoms with E-state index in [1.54, 1.807) is 25.4 Å². The first-order valence-electron chi connectivity index (χ1n) is 11.4. The van der Waals surface area contributed by atoms with E-state index in [0.29, 0.717) is 17.6 Å². The topological polar surface area (TPSA) is 92.1 Å². The molecule has 2 fully saturated rings. The van der Waals surface area contributed by atoms with Crippen molar-refractivity contribution in [2.75, 3.05) is 25.5 Å². The molecule has 166 valence electrons. The summed E-state index contributed by atoms with van der Waals surface area (Å²) in [7, 11) is 1.61. The molecule has 5 rings (SSSR count). The van der Waals surface area contributed by atoms with Crippen LogP contribution in [-0.2, 0) is 0 Å². The van der Waals surface area contributed by atoms with Crippen LogP contribution in [0.1, 0.15) is 65.4 Å². The highest BCUT2D eigenvalue weighted by Gasteiger charge is 2.29. The molecule has 1 saturated carbocycles. The fourth-order valence-electron chi connectivity index (χ4n) is 4.83. The van der Waals surface area contributed by atoms with Crippen LogP contribution in [0, 0.1) is 0 Å². The van der Waals surface area contributed by atoms with Gasteiger partial charge in [-0.3, -0.25) is 9.59 Å². The number of nitrogens with zero attached hydrogens (tertiary/aromatic N) is 4. The van der Waals surface area contributed by atoms with Gasteiger partial charge in [0.2, 0.25) is 5.95 Å². The van der Waals surface area contributed by atoms with Gasteiger partial charge in [-0.15, -0.1) is 0 Å². The molecule has 2 aromatic heterocycles. The zero-order valence-electron chi connectivity index (χ0n) is 18.3. The number of amides is 2. The first-order valence-corrected chi connectivity index (χ1v) is 11.4. The fraction of sp³-hybridized carbons (Fsp3) is 0.417. The van der Waals surface area contributed by atoms with E-state index in [4.69, 9.17) is 4.98 Å². The van der Waals surface area contributed by atoms with E-state index >= 15 is 0 Å². The van der Waals surface area contributed by atoms with Gasteiger partial charge in [-0.1, -0.05) is 12.8 Å². The van der Waals surface area contributed by atoms with E-state index in [2.05, 4.69) is 20.2 Å². The van der Waals surface area contributed by atoms with Crippen LogP contribution in [0.25, 0.3) is 11.0 Å². The molecule has 32 heavy (non-hydrogen) atoms. The second-order valence-corrected chi connectivity index (χ2v) is 8.59. The average molecular weight is 433 g/mol. The highest BCUT2D eigenvalue weighted by molar-refractivity contribution is 5.98. The van der Waals surface area contributed by atoms with Crippen molar-refractivity contribution in [3.63, 3.8) is 0 Å². The molecule has 3 heterocycles. The van der Waals surface area contributed by atoms with Gasteiger partial charge in [0.25, 0.3) is 11.8 Å². The maximum absolute atomic E-state index is 13.3. The van der Waals surface area contributed by atoms with Crippen molar-refractivity contribution in [2.45, 2.75) is 44.6 Å². The van der Waals surface area contributed by atoms with E-state index in [1.165, 1.54) is 12.8 Å². The number of hydrogen-bond acceptors (Lipinski definition) is 5. The molecule has 1 aromatic carbocycles. The number of fused-ring (bicyclic) bond motifs is 1. The second kappa shape index (κ2) is 8.61. The molecule has 0 radical (unpaired) electrons. The largest absolute Gasteiger partial charge is 0.355 e. The van der Waals surface area contributed by atoms with Crippen LogP contribution in [0.2, 0.25) is 0 Å². The van der Waals surface area contributed by atoms with E-state index < -0.39 is 0 Å². The van der Waals surface area contributed by atoms with Gasteiger partial charge in [-0.25, -0.2) is 4.98 Å². The van der Waals surface area contributed by atoms with Crippen LogP contribution >= 0.6 is 0 Å². The molecule has 0 atom stereocenters. The maximum Gasteiger partial charge on any atom is 0.270 e. The van der Waals surface area contributed by atoms with E-state index in [-0.39, 0.29) is 11.8 Å². The van der Waals surface area contributed by atoms with Gasteiger partial charge >= 0.3 is 0 Å².